The highest BCUT2D eigenvalue weighted by Gasteiger charge is 2.04. The highest BCUT2D eigenvalue weighted by molar-refractivity contribution is 4.48. The minimum Gasteiger partial charge on any atom is -0.633 e. The fraction of sp³-hybridized carbons (Fsp3) is 1.00. The van der Waals surface area contributed by atoms with E-state index in [1.807, 2.05) is 0 Å². The van der Waals surface area contributed by atoms with Gasteiger partial charge in [0.1, 0.15) is 0 Å². The Kier molecular flexibility index (Phi) is 3.91. The van der Waals surface area contributed by atoms with Gasteiger partial charge >= 0.3 is 0 Å². The molecule has 0 aromatic rings. The van der Waals surface area contributed by atoms with Crippen molar-refractivity contribution in [2.45, 2.75) is 26.7 Å². The molecular formula is C8H19NO. The highest BCUT2D eigenvalue weighted by Crippen LogP contribution is 2.08. The van der Waals surface area contributed by atoms with Gasteiger partial charge in [0.15, 0.2) is 0 Å². The molecule has 0 aliphatic heterocycles. The Morgan fingerprint density at radius 2 is 1.90 bits per heavy atom. The summed E-state index contributed by atoms with van der Waals surface area (Å²) in [5, 5.41) is 11.1. The maximum atomic E-state index is 11.1. The Balaban J connectivity index is 3.36. The molecule has 0 aliphatic carbocycles. The monoisotopic (exact) mass is 145 g/mol. The Hall–Kier alpha value is -0.0800. The molecule has 2 nitrogen and oxygen atoms in total. The molecule has 0 saturated heterocycles. The lowest BCUT2D eigenvalue weighted by Gasteiger charge is -2.34. The Bertz CT molecular complexity index is 85.7. The molecule has 62 valence electrons. The molecular weight excluding hydrogens is 126 g/mol. The highest BCUT2D eigenvalue weighted by atomic mass is 16.5. The quantitative estimate of drug-likeness (QED) is 0.438. The number of rotatable bonds is 4. The molecule has 0 aromatic carbocycles. The Morgan fingerprint density at radius 3 is 2.20 bits per heavy atom. The van der Waals surface area contributed by atoms with E-state index in [1.54, 1.807) is 14.1 Å². The average Bonchev–Trinajstić information content (AvgIpc) is 1.81. The lowest BCUT2D eigenvalue weighted by atomic mass is 10.1. The van der Waals surface area contributed by atoms with Crippen molar-refractivity contribution in [2.75, 3.05) is 20.6 Å². The minimum atomic E-state index is -0.148. The normalized spacial score (nSPS) is 15.3. The molecule has 0 N–H and O–H groups in total. The van der Waals surface area contributed by atoms with Crippen molar-refractivity contribution in [3.8, 4) is 0 Å². The fourth-order valence-corrected chi connectivity index (χ4v) is 0.735. The van der Waals surface area contributed by atoms with Gasteiger partial charge in [-0.2, -0.15) is 0 Å². The summed E-state index contributed by atoms with van der Waals surface area (Å²) in [4.78, 5) is 0. The van der Waals surface area contributed by atoms with Crippen LogP contribution in [-0.4, -0.2) is 25.3 Å². The molecule has 0 heterocycles. The van der Waals surface area contributed by atoms with E-state index in [4.69, 9.17) is 0 Å². The van der Waals surface area contributed by atoms with Crippen LogP contribution < -0.4 is 0 Å². The Labute approximate surface area is 64.0 Å². The van der Waals surface area contributed by atoms with Crippen LogP contribution in [0.4, 0.5) is 0 Å². The van der Waals surface area contributed by atoms with Crippen molar-refractivity contribution in [3.05, 3.63) is 5.21 Å². The summed E-state index contributed by atoms with van der Waals surface area (Å²) in [6.45, 7) is 5.10. The van der Waals surface area contributed by atoms with Crippen molar-refractivity contribution in [2.24, 2.45) is 5.92 Å². The molecule has 0 bridgehead atoms. The van der Waals surface area contributed by atoms with Gasteiger partial charge in [-0.1, -0.05) is 20.3 Å². The van der Waals surface area contributed by atoms with Gasteiger partial charge in [-0.25, -0.2) is 0 Å². The zero-order chi connectivity index (χ0) is 8.20. The third-order valence-electron chi connectivity index (χ3n) is 1.86. The minimum absolute atomic E-state index is 0.148. The zero-order valence-electron chi connectivity index (χ0n) is 7.55. The van der Waals surface area contributed by atoms with E-state index < -0.39 is 0 Å². The van der Waals surface area contributed by atoms with Gasteiger partial charge < -0.3 is 9.85 Å². The molecule has 0 radical (unpaired) electrons. The van der Waals surface area contributed by atoms with Gasteiger partial charge in [-0.3, -0.25) is 0 Å². The van der Waals surface area contributed by atoms with Crippen LogP contribution in [0.15, 0.2) is 0 Å². The molecule has 0 rings (SSSR count). The SMILES string of the molecule is CCC(C)CC[N+](C)(C)[O-]. The van der Waals surface area contributed by atoms with Crippen LogP contribution in [0.3, 0.4) is 0 Å². The second-order valence-electron chi connectivity index (χ2n) is 3.60. The van der Waals surface area contributed by atoms with E-state index in [2.05, 4.69) is 13.8 Å². The summed E-state index contributed by atoms with van der Waals surface area (Å²) in [5.74, 6) is 0.700. The number of nitrogens with zero attached hydrogens (tertiary/aromatic N) is 1. The van der Waals surface area contributed by atoms with Crippen LogP contribution in [0.2, 0.25) is 0 Å². The van der Waals surface area contributed by atoms with Gasteiger partial charge in [0, 0.05) is 0 Å². The van der Waals surface area contributed by atoms with Crippen LogP contribution in [0.5, 0.6) is 0 Å². The topological polar surface area (TPSA) is 23.1 Å². The summed E-state index contributed by atoms with van der Waals surface area (Å²) in [7, 11) is 3.39. The second-order valence-corrected chi connectivity index (χ2v) is 3.60. The first kappa shape index (κ1) is 9.92. The van der Waals surface area contributed by atoms with Crippen LogP contribution in [-0.2, 0) is 0 Å². The van der Waals surface area contributed by atoms with E-state index in [1.165, 1.54) is 6.42 Å². The van der Waals surface area contributed by atoms with Crippen LogP contribution >= 0.6 is 0 Å². The third-order valence-corrected chi connectivity index (χ3v) is 1.86. The van der Waals surface area contributed by atoms with E-state index >= 15 is 0 Å². The van der Waals surface area contributed by atoms with E-state index in [0.717, 1.165) is 13.0 Å². The molecule has 1 atom stereocenters. The maximum Gasteiger partial charge on any atom is 0.0782 e. The van der Waals surface area contributed by atoms with Gasteiger partial charge in [0.25, 0.3) is 0 Å². The standard InChI is InChI=1S/C8H19NO/c1-5-8(2)6-7-9(3,4)10/h8H,5-7H2,1-4H3. The van der Waals surface area contributed by atoms with Crippen molar-refractivity contribution < 1.29 is 4.65 Å². The van der Waals surface area contributed by atoms with E-state index in [-0.39, 0.29) is 4.65 Å². The van der Waals surface area contributed by atoms with Crippen molar-refractivity contribution in [3.63, 3.8) is 0 Å². The molecule has 0 amide bonds. The third kappa shape index (κ3) is 6.05. The zero-order valence-corrected chi connectivity index (χ0v) is 7.55. The van der Waals surface area contributed by atoms with Crippen LogP contribution in [0.25, 0.3) is 0 Å². The number of quaternary nitrogens is 1. The molecule has 10 heavy (non-hydrogen) atoms. The van der Waals surface area contributed by atoms with Gasteiger partial charge in [0.2, 0.25) is 0 Å². The number of hydrogen-bond donors (Lipinski definition) is 0. The van der Waals surface area contributed by atoms with Gasteiger partial charge in [0.05, 0.1) is 20.6 Å². The van der Waals surface area contributed by atoms with Crippen molar-refractivity contribution in [1.82, 2.24) is 0 Å². The lowest BCUT2D eigenvalue weighted by molar-refractivity contribution is -0.840. The second kappa shape index (κ2) is 3.94. The summed E-state index contributed by atoms with van der Waals surface area (Å²) < 4.78 is -0.148. The van der Waals surface area contributed by atoms with Gasteiger partial charge in [-0.05, 0) is 12.3 Å². The smallest absolute Gasteiger partial charge is 0.0782 e. The maximum absolute atomic E-state index is 11.1. The molecule has 0 spiro atoms. The van der Waals surface area contributed by atoms with Crippen molar-refractivity contribution >= 4 is 0 Å². The summed E-state index contributed by atoms with van der Waals surface area (Å²) in [6.07, 6.45) is 2.23. The first-order valence-corrected chi connectivity index (χ1v) is 3.99. The fourth-order valence-electron chi connectivity index (χ4n) is 0.735. The first-order valence-electron chi connectivity index (χ1n) is 3.99. The molecule has 0 fully saturated rings. The van der Waals surface area contributed by atoms with Gasteiger partial charge in [-0.15, -0.1) is 0 Å². The first-order chi connectivity index (χ1) is 4.45. The lowest BCUT2D eigenvalue weighted by Crippen LogP contribution is -2.33. The number of hydroxylamine groups is 3. The Morgan fingerprint density at radius 1 is 1.40 bits per heavy atom. The summed E-state index contributed by atoms with van der Waals surface area (Å²) in [6, 6.07) is 0. The van der Waals surface area contributed by atoms with E-state index in [0.29, 0.717) is 5.92 Å². The molecule has 0 aliphatic rings. The molecule has 2 heteroatoms. The summed E-state index contributed by atoms with van der Waals surface area (Å²) in [5.41, 5.74) is 0. The average molecular weight is 145 g/mol. The predicted molar refractivity (Wildman–Crippen MR) is 44.4 cm³/mol. The van der Waals surface area contributed by atoms with E-state index in [9.17, 15) is 5.21 Å². The van der Waals surface area contributed by atoms with Crippen LogP contribution in [0, 0.1) is 11.1 Å². The molecule has 0 aromatic heterocycles. The van der Waals surface area contributed by atoms with Crippen molar-refractivity contribution in [1.29, 1.82) is 0 Å². The number of hydrogen-bond acceptors (Lipinski definition) is 1. The largest absolute Gasteiger partial charge is 0.633 e. The molecule has 1 unspecified atom stereocenters. The summed E-state index contributed by atoms with van der Waals surface area (Å²) >= 11 is 0. The predicted octanol–water partition coefficient (Wildman–Crippen LogP) is 2.00. The van der Waals surface area contributed by atoms with Crippen LogP contribution in [0.1, 0.15) is 26.7 Å². The molecule has 0 saturated carbocycles.